The molecule has 4 aliphatic rings. The number of aliphatic hydroxyl groups excluding tert-OH is 1. The summed E-state index contributed by atoms with van der Waals surface area (Å²) in [5.74, 6) is 1.21. The van der Waals surface area contributed by atoms with Gasteiger partial charge in [-0.25, -0.2) is 12.7 Å². The predicted octanol–water partition coefficient (Wildman–Crippen LogP) is 0.961. The Morgan fingerprint density at radius 1 is 1.18 bits per heavy atom. The molecule has 0 amide bonds. The van der Waals surface area contributed by atoms with Gasteiger partial charge in [0.25, 0.3) is 0 Å². The van der Waals surface area contributed by atoms with Gasteiger partial charge in [-0.2, -0.15) is 0 Å². The lowest BCUT2D eigenvalue weighted by molar-refractivity contribution is 0.111. The number of hydrogen-bond donors (Lipinski definition) is 1. The Bertz CT molecular complexity index is 405. The fourth-order valence-corrected chi connectivity index (χ4v) is 6.45. The van der Waals surface area contributed by atoms with E-state index in [1.807, 2.05) is 0 Å². The maximum Gasteiger partial charge on any atom is 0.219 e. The highest BCUT2D eigenvalue weighted by molar-refractivity contribution is 7.90. The third-order valence-corrected chi connectivity index (χ3v) is 7.72. The summed E-state index contributed by atoms with van der Waals surface area (Å²) in [6, 6.07) is 0. The zero-order chi connectivity index (χ0) is 12.3. The molecule has 5 heteroatoms. The average Bonchev–Trinajstić information content (AvgIpc) is 2.71. The van der Waals surface area contributed by atoms with Gasteiger partial charge in [0.1, 0.15) is 0 Å². The van der Waals surface area contributed by atoms with E-state index < -0.39 is 14.8 Å². The van der Waals surface area contributed by atoms with Crippen LogP contribution < -0.4 is 0 Å². The lowest BCUT2D eigenvalue weighted by Crippen LogP contribution is -2.53. The Morgan fingerprint density at radius 3 is 2.24 bits per heavy atom. The van der Waals surface area contributed by atoms with Gasteiger partial charge in [0.15, 0.2) is 0 Å². The quantitative estimate of drug-likeness (QED) is 0.803. The molecule has 0 aromatic carbocycles. The first-order valence-electron chi connectivity index (χ1n) is 6.62. The van der Waals surface area contributed by atoms with Crippen LogP contribution >= 0.6 is 0 Å². The van der Waals surface area contributed by atoms with Crippen molar-refractivity contribution in [1.29, 1.82) is 0 Å². The van der Waals surface area contributed by atoms with Crippen molar-refractivity contribution in [1.82, 2.24) is 4.31 Å². The third kappa shape index (κ3) is 1.59. The van der Waals surface area contributed by atoms with Crippen LogP contribution in [0.4, 0.5) is 0 Å². The van der Waals surface area contributed by atoms with Crippen molar-refractivity contribution in [3.63, 3.8) is 0 Å². The van der Waals surface area contributed by atoms with E-state index in [2.05, 4.69) is 6.92 Å². The Hall–Kier alpha value is -0.130. The largest absolute Gasteiger partial charge is 0.393 e. The van der Waals surface area contributed by atoms with E-state index in [4.69, 9.17) is 0 Å². The topological polar surface area (TPSA) is 57.6 Å². The molecule has 1 aliphatic heterocycles. The van der Waals surface area contributed by atoms with Crippen LogP contribution in [0.1, 0.15) is 39.0 Å². The van der Waals surface area contributed by atoms with Gasteiger partial charge in [0, 0.05) is 13.1 Å². The van der Waals surface area contributed by atoms with Crippen molar-refractivity contribution in [2.24, 2.45) is 11.8 Å². The van der Waals surface area contributed by atoms with Crippen LogP contribution in [0.15, 0.2) is 0 Å². The molecule has 4 rings (SSSR count). The zero-order valence-corrected chi connectivity index (χ0v) is 11.1. The Balaban J connectivity index is 1.78. The molecule has 17 heavy (non-hydrogen) atoms. The summed E-state index contributed by atoms with van der Waals surface area (Å²) in [5, 5.41) is 9.45. The number of piperidine rings is 1. The second-order valence-corrected chi connectivity index (χ2v) is 8.50. The number of fused-ring (bicyclic) bond motifs is 1. The summed E-state index contributed by atoms with van der Waals surface area (Å²) < 4.78 is 26.5. The van der Waals surface area contributed by atoms with E-state index >= 15 is 0 Å². The van der Waals surface area contributed by atoms with E-state index in [-0.39, 0.29) is 6.10 Å². The Labute approximate surface area is 103 Å². The molecule has 3 aliphatic carbocycles. The predicted molar refractivity (Wildman–Crippen MR) is 65.0 cm³/mol. The van der Waals surface area contributed by atoms with Crippen molar-refractivity contribution in [2.45, 2.75) is 49.9 Å². The van der Waals surface area contributed by atoms with Crippen LogP contribution in [0.2, 0.25) is 0 Å². The lowest BCUT2D eigenvalue weighted by Gasteiger charge is -2.42. The van der Waals surface area contributed by atoms with Crippen LogP contribution in [0.5, 0.6) is 0 Å². The number of sulfonamides is 1. The summed E-state index contributed by atoms with van der Waals surface area (Å²) in [5.41, 5.74) is 0. The van der Waals surface area contributed by atoms with Crippen molar-refractivity contribution in [3.05, 3.63) is 0 Å². The summed E-state index contributed by atoms with van der Waals surface area (Å²) in [6.45, 7) is 3.18. The molecular weight excluding hydrogens is 238 g/mol. The van der Waals surface area contributed by atoms with Gasteiger partial charge in [0.2, 0.25) is 10.0 Å². The molecule has 2 bridgehead atoms. The normalized spacial score (nSPS) is 43.6. The molecule has 0 radical (unpaired) electrons. The second kappa shape index (κ2) is 3.68. The zero-order valence-electron chi connectivity index (χ0n) is 10.3. The second-order valence-electron chi connectivity index (χ2n) is 6.17. The summed E-state index contributed by atoms with van der Waals surface area (Å²) >= 11 is 0. The van der Waals surface area contributed by atoms with Gasteiger partial charge < -0.3 is 5.11 Å². The molecule has 1 N–H and O–H groups in total. The Kier molecular flexibility index (Phi) is 2.58. The first-order chi connectivity index (χ1) is 7.95. The number of nitrogens with zero attached hydrogens (tertiary/aromatic N) is 1. The Morgan fingerprint density at radius 2 is 1.76 bits per heavy atom. The molecule has 3 saturated carbocycles. The van der Waals surface area contributed by atoms with Crippen LogP contribution in [-0.4, -0.2) is 41.8 Å². The van der Waals surface area contributed by atoms with Crippen LogP contribution in [0.3, 0.4) is 0 Å². The lowest BCUT2D eigenvalue weighted by atomic mass is 9.82. The highest BCUT2D eigenvalue weighted by Gasteiger charge is 2.63. The third-order valence-electron chi connectivity index (χ3n) is 5.08. The van der Waals surface area contributed by atoms with Gasteiger partial charge in [-0.05, 0) is 43.9 Å². The molecule has 1 atom stereocenters. The summed E-state index contributed by atoms with van der Waals surface area (Å²) in [6.07, 6.45) is 3.46. The van der Waals surface area contributed by atoms with E-state index in [0.717, 1.165) is 19.3 Å². The van der Waals surface area contributed by atoms with Crippen LogP contribution in [0.25, 0.3) is 0 Å². The minimum absolute atomic E-state index is 0.310. The van der Waals surface area contributed by atoms with Crippen molar-refractivity contribution in [3.8, 4) is 0 Å². The molecule has 4 nitrogen and oxygen atoms in total. The number of aliphatic hydroxyl groups is 1. The minimum Gasteiger partial charge on any atom is -0.393 e. The first-order valence-corrected chi connectivity index (χ1v) is 8.06. The van der Waals surface area contributed by atoms with E-state index in [1.54, 1.807) is 4.31 Å². The van der Waals surface area contributed by atoms with E-state index in [1.165, 1.54) is 0 Å². The van der Waals surface area contributed by atoms with Crippen LogP contribution in [-0.2, 0) is 10.0 Å². The summed E-state index contributed by atoms with van der Waals surface area (Å²) in [4.78, 5) is 0. The van der Waals surface area contributed by atoms with Gasteiger partial charge in [-0.15, -0.1) is 0 Å². The highest BCUT2D eigenvalue weighted by Crippen LogP contribution is 2.60. The fourth-order valence-electron chi connectivity index (χ4n) is 3.89. The molecule has 98 valence electrons. The molecule has 4 fully saturated rings. The molecule has 1 unspecified atom stereocenters. The van der Waals surface area contributed by atoms with Crippen molar-refractivity contribution < 1.29 is 13.5 Å². The molecule has 0 aromatic rings. The van der Waals surface area contributed by atoms with E-state index in [9.17, 15) is 13.5 Å². The van der Waals surface area contributed by atoms with Gasteiger partial charge >= 0.3 is 0 Å². The van der Waals surface area contributed by atoms with E-state index in [0.29, 0.717) is 37.8 Å². The van der Waals surface area contributed by atoms with Gasteiger partial charge in [0.05, 0.1) is 10.9 Å². The van der Waals surface area contributed by atoms with Gasteiger partial charge in [-0.1, -0.05) is 6.92 Å². The maximum atomic E-state index is 12.6. The van der Waals surface area contributed by atoms with Crippen molar-refractivity contribution in [2.75, 3.05) is 13.1 Å². The fraction of sp³-hybridized carbons (Fsp3) is 1.00. The van der Waals surface area contributed by atoms with Gasteiger partial charge in [-0.3, -0.25) is 0 Å². The van der Waals surface area contributed by atoms with Crippen LogP contribution in [0, 0.1) is 11.8 Å². The molecule has 1 saturated heterocycles. The standard InChI is InChI=1S/C12H21NO3S/c1-9-6-12(7-10(9)8-12)17(15,16)13-4-2-11(14)3-5-13/h9-11,14H,2-8H2,1H3. The monoisotopic (exact) mass is 259 g/mol. The first kappa shape index (κ1) is 11.9. The smallest absolute Gasteiger partial charge is 0.219 e. The molecule has 0 aromatic heterocycles. The molecule has 1 heterocycles. The maximum absolute atomic E-state index is 12.6. The SMILES string of the molecule is CC1CC2(S(=O)(=O)N3CCC(O)CC3)CC1C2. The highest BCUT2D eigenvalue weighted by atomic mass is 32.2. The number of rotatable bonds is 2. The molecule has 0 spiro atoms. The number of hydrogen-bond acceptors (Lipinski definition) is 3. The average molecular weight is 259 g/mol. The van der Waals surface area contributed by atoms with Crippen molar-refractivity contribution >= 4 is 10.0 Å². The summed E-state index contributed by atoms with van der Waals surface area (Å²) in [7, 11) is -3.13. The molecular formula is C12H21NO3S. The minimum atomic E-state index is -3.13.